The van der Waals surface area contributed by atoms with Gasteiger partial charge in [-0.1, -0.05) is 48.6 Å². The highest BCUT2D eigenvalue weighted by Crippen LogP contribution is 2.43. The van der Waals surface area contributed by atoms with Gasteiger partial charge in [-0.05, 0) is 38.2 Å². The SMILES string of the molecule is C[C@]1(CCc2ccccc2)C(=O)/C2=C/CC/C=C\c3c2c(c[nH]c3=O)C1=O. The molecule has 0 amide bonds. The zero-order valence-corrected chi connectivity index (χ0v) is 15.2. The summed E-state index contributed by atoms with van der Waals surface area (Å²) in [5, 5.41) is 0. The molecule has 4 nitrogen and oxygen atoms in total. The minimum Gasteiger partial charge on any atom is -0.328 e. The Bertz CT molecular complexity index is 1040. The largest absolute Gasteiger partial charge is 0.328 e. The summed E-state index contributed by atoms with van der Waals surface area (Å²) >= 11 is 0. The van der Waals surface area contributed by atoms with Gasteiger partial charge in [-0.2, -0.15) is 0 Å². The molecular weight excluding hydrogens is 338 g/mol. The monoisotopic (exact) mass is 359 g/mol. The van der Waals surface area contributed by atoms with E-state index in [1.165, 1.54) is 6.20 Å². The van der Waals surface area contributed by atoms with E-state index in [1.807, 2.05) is 42.5 Å². The predicted octanol–water partition coefficient (Wildman–Crippen LogP) is 3.97. The minimum atomic E-state index is -1.12. The lowest BCUT2D eigenvalue weighted by Gasteiger charge is -2.34. The topological polar surface area (TPSA) is 67.0 Å². The Morgan fingerprint density at radius 2 is 1.81 bits per heavy atom. The van der Waals surface area contributed by atoms with Crippen molar-refractivity contribution in [2.45, 2.75) is 32.6 Å². The number of carbonyl (C=O) groups excluding carboxylic acids is 2. The second kappa shape index (κ2) is 6.62. The normalized spacial score (nSPS) is 24.4. The molecule has 2 aliphatic rings. The lowest BCUT2D eigenvalue weighted by atomic mass is 9.65. The van der Waals surface area contributed by atoms with Gasteiger partial charge < -0.3 is 4.98 Å². The van der Waals surface area contributed by atoms with Crippen molar-refractivity contribution in [3.63, 3.8) is 0 Å². The van der Waals surface area contributed by atoms with Crippen molar-refractivity contribution >= 4 is 23.2 Å². The number of ketones is 2. The summed E-state index contributed by atoms with van der Waals surface area (Å²) in [7, 11) is 0. The Hall–Kier alpha value is -3.01. The minimum absolute atomic E-state index is 0.168. The molecule has 1 atom stereocenters. The van der Waals surface area contributed by atoms with Crippen molar-refractivity contribution in [3.05, 3.63) is 81.3 Å². The molecule has 2 aliphatic carbocycles. The van der Waals surface area contributed by atoms with Crippen LogP contribution in [-0.4, -0.2) is 16.6 Å². The maximum absolute atomic E-state index is 13.4. The van der Waals surface area contributed by atoms with E-state index in [1.54, 1.807) is 13.0 Å². The van der Waals surface area contributed by atoms with Crippen LogP contribution in [0.4, 0.5) is 0 Å². The maximum Gasteiger partial charge on any atom is 0.255 e. The Balaban J connectivity index is 1.82. The fraction of sp³-hybridized carbons (Fsp3) is 0.261. The molecule has 0 aliphatic heterocycles. The number of Topliss-reactive ketones (excluding diaryl/α,β-unsaturated/α-hetero) is 2. The second-order valence-electron chi connectivity index (χ2n) is 7.39. The molecule has 0 saturated heterocycles. The van der Waals surface area contributed by atoms with Crippen LogP contribution in [0.25, 0.3) is 11.6 Å². The van der Waals surface area contributed by atoms with Gasteiger partial charge in [0.05, 0.1) is 5.41 Å². The molecule has 0 bridgehead atoms. The van der Waals surface area contributed by atoms with Crippen molar-refractivity contribution in [1.82, 2.24) is 4.98 Å². The third-order valence-corrected chi connectivity index (χ3v) is 5.61. The molecule has 27 heavy (non-hydrogen) atoms. The van der Waals surface area contributed by atoms with Crippen LogP contribution in [0.3, 0.4) is 0 Å². The van der Waals surface area contributed by atoms with Crippen molar-refractivity contribution in [3.8, 4) is 0 Å². The Labute approximate surface area is 157 Å². The second-order valence-corrected chi connectivity index (χ2v) is 7.39. The van der Waals surface area contributed by atoms with E-state index >= 15 is 0 Å². The summed E-state index contributed by atoms with van der Waals surface area (Å²) in [6, 6.07) is 9.87. The highest BCUT2D eigenvalue weighted by atomic mass is 16.2. The van der Waals surface area contributed by atoms with Gasteiger partial charge in [0.15, 0.2) is 11.6 Å². The quantitative estimate of drug-likeness (QED) is 0.843. The molecule has 0 saturated carbocycles. The molecule has 4 rings (SSSR count). The summed E-state index contributed by atoms with van der Waals surface area (Å²) in [6.07, 6.45) is 9.57. The van der Waals surface area contributed by atoms with E-state index in [-0.39, 0.29) is 17.1 Å². The molecule has 4 heteroatoms. The number of H-pyrrole nitrogens is 1. The van der Waals surface area contributed by atoms with Crippen LogP contribution in [0.1, 0.15) is 53.2 Å². The van der Waals surface area contributed by atoms with Crippen molar-refractivity contribution in [2.24, 2.45) is 5.41 Å². The number of hydrogen-bond acceptors (Lipinski definition) is 3. The van der Waals surface area contributed by atoms with E-state index in [2.05, 4.69) is 4.98 Å². The number of aromatic amines is 1. The average Bonchev–Trinajstić information content (AvgIpc) is 2.66. The molecule has 0 fully saturated rings. The van der Waals surface area contributed by atoms with Gasteiger partial charge >= 0.3 is 0 Å². The summed E-state index contributed by atoms with van der Waals surface area (Å²) < 4.78 is 0. The number of aryl methyl sites for hydroxylation is 1. The van der Waals surface area contributed by atoms with Crippen LogP contribution in [0.5, 0.6) is 0 Å². The standard InChI is InChI=1S/C23H21NO3/c1-23(13-12-15-8-4-2-5-9-15)20(25)16-10-6-3-7-11-17-19(16)18(21(23)26)14-24-22(17)27/h2,4-5,7-11,14H,3,6,12-13H2,1H3,(H,24,27)/b11-7-,16-10+/t23-/m0/s1. The molecule has 136 valence electrons. The van der Waals surface area contributed by atoms with Gasteiger partial charge in [-0.25, -0.2) is 0 Å². The zero-order valence-electron chi connectivity index (χ0n) is 15.2. The smallest absolute Gasteiger partial charge is 0.255 e. The first-order valence-electron chi connectivity index (χ1n) is 9.28. The number of hydrogen-bond donors (Lipinski definition) is 1. The van der Waals surface area contributed by atoms with Gasteiger partial charge in [0.2, 0.25) is 0 Å². The fourth-order valence-corrected chi connectivity index (χ4v) is 3.97. The number of benzene rings is 1. The first-order valence-corrected chi connectivity index (χ1v) is 9.28. The molecule has 1 aromatic carbocycles. The summed E-state index contributed by atoms with van der Waals surface area (Å²) in [4.78, 5) is 41.7. The van der Waals surface area contributed by atoms with Crippen molar-refractivity contribution in [2.75, 3.05) is 0 Å². The van der Waals surface area contributed by atoms with Crippen LogP contribution in [0.2, 0.25) is 0 Å². The fourth-order valence-electron chi connectivity index (χ4n) is 3.97. The molecule has 1 heterocycles. The molecule has 0 unspecified atom stereocenters. The number of allylic oxidation sites excluding steroid dienone is 3. The van der Waals surface area contributed by atoms with E-state index in [4.69, 9.17) is 0 Å². The maximum atomic E-state index is 13.4. The van der Waals surface area contributed by atoms with E-state index in [9.17, 15) is 14.4 Å². The Kier molecular flexibility index (Phi) is 4.27. The van der Waals surface area contributed by atoms with Crippen LogP contribution >= 0.6 is 0 Å². The highest BCUT2D eigenvalue weighted by molar-refractivity contribution is 6.37. The predicted molar refractivity (Wildman–Crippen MR) is 106 cm³/mol. The first-order chi connectivity index (χ1) is 13.0. The van der Waals surface area contributed by atoms with Gasteiger partial charge in [-0.3, -0.25) is 14.4 Å². The number of carbonyl (C=O) groups is 2. The Morgan fingerprint density at radius 3 is 2.59 bits per heavy atom. The number of nitrogens with one attached hydrogen (secondary N) is 1. The van der Waals surface area contributed by atoms with Gasteiger partial charge in [-0.15, -0.1) is 0 Å². The third kappa shape index (κ3) is 2.81. The lowest BCUT2D eigenvalue weighted by Crippen LogP contribution is -2.43. The molecule has 0 spiro atoms. The van der Waals surface area contributed by atoms with Crippen molar-refractivity contribution in [1.29, 1.82) is 0 Å². The summed E-state index contributed by atoms with van der Waals surface area (Å²) in [6.45, 7) is 1.74. The van der Waals surface area contributed by atoms with Crippen LogP contribution in [0.15, 0.2) is 53.5 Å². The molecular formula is C23H21NO3. The number of aromatic nitrogens is 1. The van der Waals surface area contributed by atoms with Gasteiger partial charge in [0, 0.05) is 28.5 Å². The van der Waals surface area contributed by atoms with Gasteiger partial charge in [0.25, 0.3) is 5.56 Å². The Morgan fingerprint density at radius 1 is 1.04 bits per heavy atom. The highest BCUT2D eigenvalue weighted by Gasteiger charge is 2.48. The molecule has 1 aromatic heterocycles. The van der Waals surface area contributed by atoms with Crippen LogP contribution in [0, 0.1) is 5.41 Å². The average molecular weight is 359 g/mol. The number of pyridine rings is 1. The molecule has 1 N–H and O–H groups in total. The van der Waals surface area contributed by atoms with E-state index in [0.29, 0.717) is 41.5 Å². The van der Waals surface area contributed by atoms with E-state index in [0.717, 1.165) is 12.0 Å². The summed E-state index contributed by atoms with van der Waals surface area (Å²) in [5.41, 5.74) is 1.58. The van der Waals surface area contributed by atoms with Crippen LogP contribution in [-0.2, 0) is 11.2 Å². The first kappa shape index (κ1) is 17.4. The molecule has 0 radical (unpaired) electrons. The lowest BCUT2D eigenvalue weighted by molar-refractivity contribution is -0.120. The third-order valence-electron chi connectivity index (χ3n) is 5.61. The molecule has 2 aromatic rings. The summed E-state index contributed by atoms with van der Waals surface area (Å²) in [5.74, 6) is -0.375. The zero-order chi connectivity index (χ0) is 19.0. The van der Waals surface area contributed by atoms with E-state index < -0.39 is 5.41 Å². The number of rotatable bonds is 3. The van der Waals surface area contributed by atoms with Crippen molar-refractivity contribution < 1.29 is 9.59 Å². The van der Waals surface area contributed by atoms with Gasteiger partial charge in [0.1, 0.15) is 0 Å². The van der Waals surface area contributed by atoms with Crippen LogP contribution < -0.4 is 5.56 Å².